The Bertz CT molecular complexity index is 292. The maximum Gasteiger partial charge on any atom is 0.123 e. The van der Waals surface area contributed by atoms with Crippen LogP contribution in [0.25, 0.3) is 0 Å². The van der Waals surface area contributed by atoms with E-state index in [4.69, 9.17) is 0 Å². The number of rotatable bonds is 3. The fraction of sp³-hybridized carbons (Fsp3) is 0.455. The monoisotopic (exact) mass is 198 g/mol. The van der Waals surface area contributed by atoms with Crippen molar-refractivity contribution in [2.45, 2.75) is 32.5 Å². The SMILES string of the molecule is CCC(O)C(O)c1cc(C)cc(F)c1. The first-order valence-corrected chi connectivity index (χ1v) is 4.67. The topological polar surface area (TPSA) is 40.5 Å². The summed E-state index contributed by atoms with van der Waals surface area (Å²) in [4.78, 5) is 0. The van der Waals surface area contributed by atoms with Crippen LogP contribution >= 0.6 is 0 Å². The van der Waals surface area contributed by atoms with Crippen molar-refractivity contribution in [3.8, 4) is 0 Å². The smallest absolute Gasteiger partial charge is 0.123 e. The van der Waals surface area contributed by atoms with E-state index in [0.717, 1.165) is 5.56 Å². The summed E-state index contributed by atoms with van der Waals surface area (Å²) in [6.45, 7) is 3.51. The summed E-state index contributed by atoms with van der Waals surface area (Å²) in [5.41, 5.74) is 1.17. The molecule has 0 aliphatic carbocycles. The van der Waals surface area contributed by atoms with Crippen LogP contribution in [0.4, 0.5) is 4.39 Å². The Kier molecular flexibility index (Phi) is 3.61. The third-order valence-electron chi connectivity index (χ3n) is 2.19. The van der Waals surface area contributed by atoms with Crippen LogP contribution in [0.5, 0.6) is 0 Å². The van der Waals surface area contributed by atoms with E-state index >= 15 is 0 Å². The lowest BCUT2D eigenvalue weighted by atomic mass is 10.0. The molecule has 2 atom stereocenters. The molecule has 0 radical (unpaired) electrons. The molecule has 78 valence electrons. The largest absolute Gasteiger partial charge is 0.390 e. The number of hydrogen-bond donors (Lipinski definition) is 2. The molecule has 0 spiro atoms. The summed E-state index contributed by atoms with van der Waals surface area (Å²) < 4.78 is 13.0. The van der Waals surface area contributed by atoms with Crippen LogP contribution in [0.3, 0.4) is 0 Å². The molecular weight excluding hydrogens is 183 g/mol. The number of aryl methyl sites for hydroxylation is 1. The molecule has 2 unspecified atom stereocenters. The molecule has 0 aliphatic rings. The van der Waals surface area contributed by atoms with Gasteiger partial charge >= 0.3 is 0 Å². The van der Waals surface area contributed by atoms with E-state index in [1.165, 1.54) is 12.1 Å². The molecule has 0 aliphatic heterocycles. The first kappa shape index (κ1) is 11.1. The molecule has 2 nitrogen and oxygen atoms in total. The average molecular weight is 198 g/mol. The molecule has 14 heavy (non-hydrogen) atoms. The van der Waals surface area contributed by atoms with Crippen LogP contribution < -0.4 is 0 Å². The van der Waals surface area contributed by atoms with Crippen LogP contribution in [0, 0.1) is 12.7 Å². The molecule has 1 aromatic carbocycles. The van der Waals surface area contributed by atoms with Crippen LogP contribution in [-0.2, 0) is 0 Å². The van der Waals surface area contributed by atoms with Gasteiger partial charge in [0.2, 0.25) is 0 Å². The highest BCUT2D eigenvalue weighted by Crippen LogP contribution is 2.20. The minimum atomic E-state index is -1.01. The molecular formula is C11H15FO2. The number of benzene rings is 1. The van der Waals surface area contributed by atoms with Crippen molar-refractivity contribution in [2.24, 2.45) is 0 Å². The van der Waals surface area contributed by atoms with E-state index in [1.54, 1.807) is 19.9 Å². The zero-order chi connectivity index (χ0) is 10.7. The lowest BCUT2D eigenvalue weighted by Crippen LogP contribution is -2.17. The van der Waals surface area contributed by atoms with Gasteiger partial charge in [0.05, 0.1) is 6.10 Å². The van der Waals surface area contributed by atoms with Crippen molar-refractivity contribution in [3.63, 3.8) is 0 Å². The maximum absolute atomic E-state index is 13.0. The minimum Gasteiger partial charge on any atom is -0.390 e. The first-order valence-electron chi connectivity index (χ1n) is 4.67. The Morgan fingerprint density at radius 2 is 1.93 bits per heavy atom. The van der Waals surface area contributed by atoms with Gasteiger partial charge in [-0.05, 0) is 36.6 Å². The summed E-state index contributed by atoms with van der Waals surface area (Å²) in [5.74, 6) is -0.387. The van der Waals surface area contributed by atoms with Gasteiger partial charge < -0.3 is 10.2 Å². The van der Waals surface area contributed by atoms with Crippen LogP contribution in [0.1, 0.15) is 30.6 Å². The first-order chi connectivity index (χ1) is 6.54. The molecule has 2 N–H and O–H groups in total. The van der Waals surface area contributed by atoms with Gasteiger partial charge in [0.15, 0.2) is 0 Å². The highest BCUT2D eigenvalue weighted by Gasteiger charge is 2.17. The maximum atomic E-state index is 13.0. The Balaban J connectivity index is 2.94. The van der Waals surface area contributed by atoms with Gasteiger partial charge in [-0.25, -0.2) is 4.39 Å². The van der Waals surface area contributed by atoms with Gasteiger partial charge in [-0.15, -0.1) is 0 Å². The second-order valence-electron chi connectivity index (χ2n) is 3.48. The molecule has 0 amide bonds. The number of aliphatic hydroxyl groups excluding tert-OH is 2. The number of halogens is 1. The summed E-state index contributed by atoms with van der Waals surface area (Å²) in [5, 5.41) is 19.0. The van der Waals surface area contributed by atoms with Crippen molar-refractivity contribution < 1.29 is 14.6 Å². The van der Waals surface area contributed by atoms with Crippen LogP contribution in [0.2, 0.25) is 0 Å². The molecule has 1 rings (SSSR count). The van der Waals surface area contributed by atoms with Crippen LogP contribution in [-0.4, -0.2) is 16.3 Å². The predicted octanol–water partition coefficient (Wildman–Crippen LogP) is 1.94. The van der Waals surface area contributed by atoms with Gasteiger partial charge in [0.25, 0.3) is 0 Å². The normalized spacial score (nSPS) is 15.2. The fourth-order valence-electron chi connectivity index (χ4n) is 1.38. The van der Waals surface area contributed by atoms with Crippen molar-refractivity contribution in [1.29, 1.82) is 0 Å². The lowest BCUT2D eigenvalue weighted by Gasteiger charge is -2.16. The standard InChI is InChI=1S/C11H15FO2/c1-3-10(13)11(14)8-4-7(2)5-9(12)6-8/h4-6,10-11,13-14H,3H2,1-2H3. The Hall–Kier alpha value is -0.930. The average Bonchev–Trinajstić information content (AvgIpc) is 2.14. The third-order valence-corrected chi connectivity index (χ3v) is 2.19. The molecule has 0 saturated carbocycles. The van der Waals surface area contributed by atoms with E-state index in [2.05, 4.69) is 0 Å². The molecule has 0 saturated heterocycles. The van der Waals surface area contributed by atoms with Gasteiger partial charge in [-0.3, -0.25) is 0 Å². The number of hydrogen-bond acceptors (Lipinski definition) is 2. The van der Waals surface area contributed by atoms with Crippen molar-refractivity contribution in [2.75, 3.05) is 0 Å². The Morgan fingerprint density at radius 1 is 1.29 bits per heavy atom. The molecule has 0 bridgehead atoms. The van der Waals surface area contributed by atoms with Crippen molar-refractivity contribution >= 4 is 0 Å². The van der Waals surface area contributed by atoms with Gasteiger partial charge in [0.1, 0.15) is 11.9 Å². The molecule has 0 fully saturated rings. The van der Waals surface area contributed by atoms with Crippen molar-refractivity contribution in [3.05, 3.63) is 35.1 Å². The quantitative estimate of drug-likeness (QED) is 0.779. The van der Waals surface area contributed by atoms with E-state index in [-0.39, 0.29) is 5.82 Å². The van der Waals surface area contributed by atoms with E-state index < -0.39 is 12.2 Å². The predicted molar refractivity (Wildman–Crippen MR) is 52.4 cm³/mol. The lowest BCUT2D eigenvalue weighted by molar-refractivity contribution is 0.0163. The Morgan fingerprint density at radius 3 is 2.43 bits per heavy atom. The molecule has 3 heteroatoms. The summed E-state index contributed by atoms with van der Waals surface area (Å²) >= 11 is 0. The summed E-state index contributed by atoms with van der Waals surface area (Å²) in [6.07, 6.45) is -1.40. The van der Waals surface area contributed by atoms with Gasteiger partial charge in [-0.1, -0.05) is 13.0 Å². The van der Waals surface area contributed by atoms with Gasteiger partial charge in [-0.2, -0.15) is 0 Å². The second kappa shape index (κ2) is 4.53. The second-order valence-corrected chi connectivity index (χ2v) is 3.48. The van der Waals surface area contributed by atoms with E-state index in [0.29, 0.717) is 12.0 Å². The summed E-state index contributed by atoms with van der Waals surface area (Å²) in [6, 6.07) is 4.30. The highest BCUT2D eigenvalue weighted by molar-refractivity contribution is 5.25. The Labute approximate surface area is 83.0 Å². The fourth-order valence-corrected chi connectivity index (χ4v) is 1.38. The van der Waals surface area contributed by atoms with E-state index in [1.807, 2.05) is 0 Å². The zero-order valence-corrected chi connectivity index (χ0v) is 8.37. The van der Waals surface area contributed by atoms with Gasteiger partial charge in [0, 0.05) is 0 Å². The summed E-state index contributed by atoms with van der Waals surface area (Å²) in [7, 11) is 0. The van der Waals surface area contributed by atoms with Crippen molar-refractivity contribution in [1.82, 2.24) is 0 Å². The minimum absolute atomic E-state index is 0.387. The number of aliphatic hydroxyl groups is 2. The molecule has 0 aromatic heterocycles. The highest BCUT2D eigenvalue weighted by atomic mass is 19.1. The van der Waals surface area contributed by atoms with E-state index in [9.17, 15) is 14.6 Å². The molecule has 1 aromatic rings. The zero-order valence-electron chi connectivity index (χ0n) is 8.37. The third kappa shape index (κ3) is 2.53. The van der Waals surface area contributed by atoms with Crippen LogP contribution in [0.15, 0.2) is 18.2 Å². The molecule has 0 heterocycles.